The van der Waals surface area contributed by atoms with Crippen molar-refractivity contribution in [3.05, 3.63) is 171 Å². The second-order valence-electron chi connectivity index (χ2n) is 18.0. The molecule has 0 atom stereocenters. The SMILES string of the molecule is CCCCOc1nc(C(=O)Nc2ccc(C(=O)OC)nc2OCCCC)ccc1NC(=O)c1ccc(CC(=S)NCC(=O)Cc2ccc(-c3c4ccc(=O)cc-4oc4cc(O)ccc34)c(C(=O)O)c2)c(OCc2ccccc2)n1. The Balaban J connectivity index is 0.966. The first kappa shape index (κ1) is 55.7. The number of esters is 1. The van der Waals surface area contributed by atoms with Crippen molar-refractivity contribution in [3.63, 3.8) is 0 Å². The number of carboxylic acid groups (broad SMARTS) is 1. The highest BCUT2D eigenvalue weighted by Gasteiger charge is 2.25. The molecule has 0 fully saturated rings. The van der Waals surface area contributed by atoms with Gasteiger partial charge in [-0.3, -0.25) is 19.2 Å². The van der Waals surface area contributed by atoms with E-state index in [-0.39, 0.29) is 124 Å². The summed E-state index contributed by atoms with van der Waals surface area (Å²) < 4.78 is 28.7. The van der Waals surface area contributed by atoms with E-state index in [4.69, 9.17) is 35.6 Å². The first-order valence-corrected chi connectivity index (χ1v) is 25.6. The number of pyridine rings is 3. The van der Waals surface area contributed by atoms with Crippen LogP contribution >= 0.6 is 12.2 Å². The van der Waals surface area contributed by atoms with Crippen LogP contribution in [-0.4, -0.2) is 86.6 Å². The number of aromatic hydroxyl groups is 1. The van der Waals surface area contributed by atoms with Crippen LogP contribution in [0.5, 0.6) is 23.4 Å². The highest BCUT2D eigenvalue weighted by molar-refractivity contribution is 7.80. The largest absolute Gasteiger partial charge is 0.508 e. The number of anilines is 2. The van der Waals surface area contributed by atoms with Crippen molar-refractivity contribution in [2.45, 2.75) is 59.0 Å². The molecule has 19 nitrogen and oxygen atoms in total. The summed E-state index contributed by atoms with van der Waals surface area (Å²) in [5, 5.41) is 29.7. The van der Waals surface area contributed by atoms with Crippen molar-refractivity contribution in [1.29, 1.82) is 0 Å². The van der Waals surface area contributed by atoms with Gasteiger partial charge in [-0.25, -0.2) is 24.5 Å². The van der Waals surface area contributed by atoms with Gasteiger partial charge in [-0.1, -0.05) is 87.4 Å². The predicted octanol–water partition coefficient (Wildman–Crippen LogP) is 9.65. The Kier molecular flexibility index (Phi) is 18.3. The number of nitrogens with zero attached hydrogens (tertiary/aromatic N) is 3. The molecule has 20 heteroatoms. The van der Waals surface area contributed by atoms with Crippen molar-refractivity contribution in [2.75, 3.05) is 37.5 Å². The molecule has 0 saturated carbocycles. The number of nitrogens with one attached hydrogen (secondary N) is 3. The Labute approximate surface area is 458 Å². The summed E-state index contributed by atoms with van der Waals surface area (Å²) in [6, 6.07) is 31.6. The number of aromatic carboxylic acids is 1. The number of carboxylic acids is 1. The van der Waals surface area contributed by atoms with E-state index in [1.54, 1.807) is 30.3 Å². The molecule has 0 spiro atoms. The minimum absolute atomic E-state index is 0.00362. The van der Waals surface area contributed by atoms with E-state index in [1.807, 2.05) is 44.2 Å². The molecule has 8 rings (SSSR count). The van der Waals surface area contributed by atoms with Crippen LogP contribution in [0.4, 0.5) is 11.4 Å². The zero-order valence-electron chi connectivity index (χ0n) is 43.3. The average Bonchev–Trinajstić information content (AvgIpc) is 3.65. The summed E-state index contributed by atoms with van der Waals surface area (Å²) >= 11 is 5.69. The number of phenolic OH excluding ortho intramolecular Hbond substituents is 1. The summed E-state index contributed by atoms with van der Waals surface area (Å²) in [4.78, 5) is 91.9. The number of rotatable bonds is 24. The normalized spacial score (nSPS) is 10.9. The molecule has 1 aliphatic carbocycles. The van der Waals surface area contributed by atoms with Crippen LogP contribution < -0.4 is 35.6 Å². The quantitative estimate of drug-likeness (QED) is 0.0163. The van der Waals surface area contributed by atoms with Gasteiger partial charge in [0.1, 0.15) is 46.5 Å². The lowest BCUT2D eigenvalue weighted by Crippen LogP contribution is -2.30. The van der Waals surface area contributed by atoms with Crippen LogP contribution in [0, 0.1) is 0 Å². The molecule has 5 N–H and O–H groups in total. The number of ether oxygens (including phenoxy) is 4. The van der Waals surface area contributed by atoms with Gasteiger partial charge in [-0.05, 0) is 90.2 Å². The lowest BCUT2D eigenvalue weighted by molar-refractivity contribution is -0.117. The van der Waals surface area contributed by atoms with Crippen molar-refractivity contribution < 1.29 is 57.6 Å². The molecule has 0 radical (unpaired) electrons. The molecule has 79 heavy (non-hydrogen) atoms. The molecule has 2 amide bonds. The van der Waals surface area contributed by atoms with Crippen LogP contribution in [0.3, 0.4) is 0 Å². The molecule has 6 aromatic rings. The van der Waals surface area contributed by atoms with Gasteiger partial charge in [0, 0.05) is 47.1 Å². The van der Waals surface area contributed by atoms with Crippen LogP contribution in [0.1, 0.15) is 98.0 Å². The summed E-state index contributed by atoms with van der Waals surface area (Å²) in [6.45, 7) is 4.40. The zero-order chi connectivity index (χ0) is 56.0. The maximum atomic E-state index is 14.0. The van der Waals surface area contributed by atoms with Crippen molar-refractivity contribution in [2.24, 2.45) is 0 Å². The van der Waals surface area contributed by atoms with E-state index in [0.717, 1.165) is 18.4 Å². The lowest BCUT2D eigenvalue weighted by atomic mass is 9.89. The Morgan fingerprint density at radius 3 is 1.95 bits per heavy atom. The topological polar surface area (TPSA) is 268 Å². The highest BCUT2D eigenvalue weighted by Crippen LogP contribution is 2.42. The van der Waals surface area contributed by atoms with E-state index in [0.29, 0.717) is 46.0 Å². The summed E-state index contributed by atoms with van der Waals surface area (Å²) in [5.41, 5.74) is 3.14. The summed E-state index contributed by atoms with van der Waals surface area (Å²) in [5.74, 6) is -3.27. The number of benzene rings is 4. The van der Waals surface area contributed by atoms with Gasteiger partial charge in [0.05, 0.1) is 37.4 Å². The van der Waals surface area contributed by atoms with Gasteiger partial charge in [0.2, 0.25) is 17.6 Å². The van der Waals surface area contributed by atoms with Gasteiger partial charge in [-0.2, -0.15) is 0 Å². The fourth-order valence-corrected chi connectivity index (χ4v) is 8.41. The maximum Gasteiger partial charge on any atom is 0.356 e. The van der Waals surface area contributed by atoms with Gasteiger partial charge in [0.15, 0.2) is 16.9 Å². The standard InChI is InChI=1S/C59H54N6O13S/c1-4-6-25-75-56-46(22-21-45(64-56)54(70)62-47-23-24-48(59(73)74-3)65-57(47)76-26-7-5-2)61-53(69)44-20-14-36(55(63-44)77-33-34-11-9-8-10-12-34)29-51(79)60-32-39(68)27-35-13-17-40(43(28-35)58(71)72)52-41-18-15-37(66)30-49(41)78-50-31-38(67)16-19-42(50)52/h8-24,28,30-31,66H,4-7,25-27,29,32-33H2,1-3H3,(H,60,79)(H,61,69)(H,62,70)(H,71,72). The van der Waals surface area contributed by atoms with E-state index in [9.17, 15) is 39.0 Å². The van der Waals surface area contributed by atoms with Crippen molar-refractivity contribution in [3.8, 4) is 45.8 Å². The molecule has 2 aliphatic rings. The molecule has 0 bridgehead atoms. The van der Waals surface area contributed by atoms with Crippen LogP contribution in [0.15, 0.2) is 131 Å². The summed E-state index contributed by atoms with van der Waals surface area (Å²) in [7, 11) is 1.23. The second kappa shape index (κ2) is 26.0. The zero-order valence-corrected chi connectivity index (χ0v) is 44.1. The molecule has 404 valence electrons. The fraction of sp³-hybridized carbons (Fsp3) is 0.220. The number of phenols is 1. The van der Waals surface area contributed by atoms with E-state index in [1.165, 1.54) is 67.8 Å². The number of unbranched alkanes of at least 4 members (excludes halogenated alkanes) is 2. The first-order valence-electron chi connectivity index (χ1n) is 25.2. The Morgan fingerprint density at radius 2 is 1.29 bits per heavy atom. The minimum atomic E-state index is -1.24. The number of carbonyl (C=O) groups excluding carboxylic acids is 4. The van der Waals surface area contributed by atoms with Crippen LogP contribution in [-0.2, 0) is 29.0 Å². The number of fused-ring (bicyclic) bond motifs is 2. The Bertz CT molecular complexity index is 3630. The number of hydrogen-bond acceptors (Lipinski definition) is 16. The third-order valence-electron chi connectivity index (χ3n) is 12.2. The molecular formula is C59H54N6O13S. The summed E-state index contributed by atoms with van der Waals surface area (Å²) in [6.07, 6.45) is 2.93. The van der Waals surface area contributed by atoms with Gasteiger partial charge >= 0.3 is 11.9 Å². The second-order valence-corrected chi connectivity index (χ2v) is 18.5. The van der Waals surface area contributed by atoms with Gasteiger partial charge in [0.25, 0.3) is 11.8 Å². The number of carbonyl (C=O) groups is 5. The molecule has 0 saturated heterocycles. The maximum absolute atomic E-state index is 14.0. The third-order valence-corrected chi connectivity index (χ3v) is 12.5. The molecule has 1 aliphatic heterocycles. The first-order chi connectivity index (χ1) is 38.2. The smallest absolute Gasteiger partial charge is 0.356 e. The minimum Gasteiger partial charge on any atom is -0.508 e. The Morgan fingerprint density at radius 1 is 0.658 bits per heavy atom. The number of amides is 2. The predicted molar refractivity (Wildman–Crippen MR) is 298 cm³/mol. The number of methoxy groups -OCH3 is 1. The molecule has 3 aromatic heterocycles. The monoisotopic (exact) mass is 1090 g/mol. The lowest BCUT2D eigenvalue weighted by Gasteiger charge is -2.17. The number of ketones is 1. The van der Waals surface area contributed by atoms with Crippen molar-refractivity contribution in [1.82, 2.24) is 20.3 Å². The molecular weight excluding hydrogens is 1030 g/mol. The van der Waals surface area contributed by atoms with E-state index >= 15 is 0 Å². The van der Waals surface area contributed by atoms with E-state index < -0.39 is 23.8 Å². The van der Waals surface area contributed by atoms with Crippen molar-refractivity contribution >= 4 is 69.1 Å². The molecule has 4 heterocycles. The number of thiocarbonyl (C=S) groups is 1. The number of aromatic nitrogens is 3. The van der Waals surface area contributed by atoms with E-state index in [2.05, 4.69) is 30.9 Å². The third kappa shape index (κ3) is 14.1. The van der Waals surface area contributed by atoms with Crippen LogP contribution in [0.2, 0.25) is 0 Å². The van der Waals surface area contributed by atoms with Gasteiger partial charge in [-0.15, -0.1) is 0 Å². The fourth-order valence-electron chi connectivity index (χ4n) is 8.18. The number of Topliss-reactive ketones (excluding diaryl/α,β-unsaturated/α-hetero) is 1. The highest BCUT2D eigenvalue weighted by atomic mass is 32.1. The molecule has 3 aromatic carbocycles. The molecule has 0 unspecified atom stereocenters. The van der Waals surface area contributed by atoms with Crippen LogP contribution in [0.25, 0.3) is 33.4 Å². The average molecular weight is 1090 g/mol. The van der Waals surface area contributed by atoms with Gasteiger partial charge < -0.3 is 49.5 Å². The number of hydrogen-bond donors (Lipinski definition) is 5. The Hall–Kier alpha value is -9.56.